The molecule has 0 bridgehead atoms. The lowest BCUT2D eigenvalue weighted by Crippen LogP contribution is -1.96. The van der Waals surface area contributed by atoms with Crippen LogP contribution >= 0.6 is 22.9 Å². The summed E-state index contributed by atoms with van der Waals surface area (Å²) in [6.45, 7) is 1.96. The van der Waals surface area contributed by atoms with Crippen LogP contribution in [0.4, 0.5) is 5.69 Å². The van der Waals surface area contributed by atoms with Crippen LogP contribution in [0.15, 0.2) is 47.6 Å². The SMILES string of the molecule is C/C(=N/Nc1ccccc1)c1ccc(Cl)s1. The molecule has 2 nitrogen and oxygen atoms in total. The van der Waals surface area contributed by atoms with Crippen molar-refractivity contribution < 1.29 is 0 Å². The highest BCUT2D eigenvalue weighted by Gasteiger charge is 2.00. The van der Waals surface area contributed by atoms with Crippen molar-refractivity contribution in [1.29, 1.82) is 0 Å². The van der Waals surface area contributed by atoms with Crippen molar-refractivity contribution in [2.24, 2.45) is 5.10 Å². The molecule has 16 heavy (non-hydrogen) atoms. The van der Waals surface area contributed by atoms with Gasteiger partial charge in [0.25, 0.3) is 0 Å². The largest absolute Gasteiger partial charge is 0.278 e. The molecule has 0 atom stereocenters. The molecule has 0 aliphatic carbocycles. The average molecular weight is 251 g/mol. The molecule has 0 aliphatic rings. The molecule has 1 N–H and O–H groups in total. The van der Waals surface area contributed by atoms with Crippen molar-refractivity contribution in [3.05, 3.63) is 51.7 Å². The van der Waals surface area contributed by atoms with E-state index in [1.165, 1.54) is 11.3 Å². The normalized spacial score (nSPS) is 11.5. The van der Waals surface area contributed by atoms with Crippen LogP contribution in [0.5, 0.6) is 0 Å². The standard InChI is InChI=1S/C12H11ClN2S/c1-9(11-7-8-12(13)16-11)14-15-10-5-3-2-4-6-10/h2-8,15H,1H3/b14-9-. The van der Waals surface area contributed by atoms with Crippen molar-refractivity contribution in [2.75, 3.05) is 5.43 Å². The summed E-state index contributed by atoms with van der Waals surface area (Å²) in [7, 11) is 0. The molecule has 4 heteroatoms. The number of hydrazone groups is 1. The Morgan fingerprint density at radius 2 is 1.94 bits per heavy atom. The van der Waals surface area contributed by atoms with Gasteiger partial charge in [-0.25, -0.2) is 0 Å². The number of hydrogen-bond acceptors (Lipinski definition) is 3. The first-order chi connectivity index (χ1) is 7.75. The predicted molar refractivity (Wildman–Crippen MR) is 71.6 cm³/mol. The Morgan fingerprint density at radius 3 is 2.56 bits per heavy atom. The number of nitrogens with one attached hydrogen (secondary N) is 1. The first-order valence-corrected chi connectivity index (χ1v) is 6.06. The van der Waals surface area contributed by atoms with E-state index in [9.17, 15) is 0 Å². The van der Waals surface area contributed by atoms with Crippen LogP contribution < -0.4 is 5.43 Å². The van der Waals surface area contributed by atoms with Crippen molar-refractivity contribution in [3.8, 4) is 0 Å². The van der Waals surface area contributed by atoms with E-state index in [1.54, 1.807) is 0 Å². The number of anilines is 1. The second-order valence-corrected chi connectivity index (χ2v) is 4.99. The van der Waals surface area contributed by atoms with Crippen molar-refractivity contribution in [1.82, 2.24) is 0 Å². The topological polar surface area (TPSA) is 24.4 Å². The van der Waals surface area contributed by atoms with Gasteiger partial charge in [0.05, 0.1) is 20.6 Å². The number of para-hydroxylation sites is 1. The van der Waals surface area contributed by atoms with Gasteiger partial charge in [-0.15, -0.1) is 11.3 Å². The number of hydrogen-bond donors (Lipinski definition) is 1. The summed E-state index contributed by atoms with van der Waals surface area (Å²) in [5, 5.41) is 4.30. The number of halogens is 1. The summed E-state index contributed by atoms with van der Waals surface area (Å²) in [4.78, 5) is 1.08. The maximum absolute atomic E-state index is 5.86. The molecule has 0 spiro atoms. The van der Waals surface area contributed by atoms with Gasteiger partial charge < -0.3 is 0 Å². The third kappa shape index (κ3) is 2.84. The summed E-state index contributed by atoms with van der Waals surface area (Å²) in [5.41, 5.74) is 4.91. The summed E-state index contributed by atoms with van der Waals surface area (Å²) >= 11 is 7.39. The molecule has 0 saturated carbocycles. The second kappa shape index (κ2) is 5.14. The summed E-state index contributed by atoms with van der Waals surface area (Å²) in [6.07, 6.45) is 0. The zero-order valence-corrected chi connectivity index (χ0v) is 10.3. The third-order valence-electron chi connectivity index (χ3n) is 2.06. The minimum absolute atomic E-state index is 0.782. The highest BCUT2D eigenvalue weighted by atomic mass is 35.5. The van der Waals surface area contributed by atoms with E-state index in [2.05, 4.69) is 10.5 Å². The zero-order valence-electron chi connectivity index (χ0n) is 8.77. The van der Waals surface area contributed by atoms with Gasteiger partial charge in [-0.2, -0.15) is 5.10 Å². The second-order valence-electron chi connectivity index (χ2n) is 3.28. The predicted octanol–water partition coefficient (Wildman–Crippen LogP) is 4.24. The van der Waals surface area contributed by atoms with Gasteiger partial charge in [0.2, 0.25) is 0 Å². The van der Waals surface area contributed by atoms with Crippen molar-refractivity contribution in [2.45, 2.75) is 6.92 Å². The summed E-state index contributed by atoms with van der Waals surface area (Å²) in [5.74, 6) is 0. The quantitative estimate of drug-likeness (QED) is 0.640. The van der Waals surface area contributed by atoms with Crippen LogP contribution in [0.3, 0.4) is 0 Å². The Morgan fingerprint density at radius 1 is 1.19 bits per heavy atom. The van der Waals surface area contributed by atoms with E-state index in [0.717, 1.165) is 20.6 Å². The molecule has 1 aromatic heterocycles. The van der Waals surface area contributed by atoms with Gasteiger partial charge in [0.15, 0.2) is 0 Å². The Balaban J connectivity index is 2.08. The van der Waals surface area contributed by atoms with Gasteiger partial charge in [-0.1, -0.05) is 29.8 Å². The van der Waals surface area contributed by atoms with E-state index in [-0.39, 0.29) is 0 Å². The number of rotatable bonds is 3. The molecule has 2 rings (SSSR count). The monoisotopic (exact) mass is 250 g/mol. The van der Waals surface area contributed by atoms with Crippen LogP contribution in [-0.4, -0.2) is 5.71 Å². The molecular formula is C12H11ClN2S. The van der Waals surface area contributed by atoms with Crippen LogP contribution in [0.25, 0.3) is 0 Å². The summed E-state index contributed by atoms with van der Waals surface area (Å²) < 4.78 is 0.782. The fourth-order valence-corrected chi connectivity index (χ4v) is 2.21. The Bertz CT molecular complexity index is 491. The molecular weight excluding hydrogens is 240 g/mol. The van der Waals surface area contributed by atoms with E-state index >= 15 is 0 Å². The van der Waals surface area contributed by atoms with Crippen LogP contribution in [-0.2, 0) is 0 Å². The first kappa shape index (κ1) is 11.2. The molecule has 2 aromatic rings. The van der Waals surface area contributed by atoms with Crippen molar-refractivity contribution >= 4 is 34.3 Å². The number of thiophene rings is 1. The Kier molecular flexibility index (Phi) is 3.59. The Hall–Kier alpha value is -1.32. The van der Waals surface area contributed by atoms with Gasteiger partial charge in [0.1, 0.15) is 0 Å². The van der Waals surface area contributed by atoms with Crippen molar-refractivity contribution in [3.63, 3.8) is 0 Å². The average Bonchev–Trinajstić information content (AvgIpc) is 2.74. The lowest BCUT2D eigenvalue weighted by Gasteiger charge is -2.00. The lowest BCUT2D eigenvalue weighted by atomic mass is 10.3. The fourth-order valence-electron chi connectivity index (χ4n) is 1.22. The molecule has 0 aliphatic heterocycles. The van der Waals surface area contributed by atoms with Gasteiger partial charge in [-0.3, -0.25) is 5.43 Å². The first-order valence-electron chi connectivity index (χ1n) is 4.87. The lowest BCUT2D eigenvalue weighted by molar-refractivity contribution is 1.33. The maximum Gasteiger partial charge on any atom is 0.0935 e. The zero-order chi connectivity index (χ0) is 11.4. The van der Waals surface area contributed by atoms with Crippen LogP contribution in [0, 0.1) is 0 Å². The molecule has 0 fully saturated rings. The van der Waals surface area contributed by atoms with E-state index in [0.29, 0.717) is 0 Å². The maximum atomic E-state index is 5.86. The number of benzene rings is 1. The Labute approximate surface area is 104 Å². The van der Waals surface area contributed by atoms with Crippen LogP contribution in [0.1, 0.15) is 11.8 Å². The summed E-state index contributed by atoms with van der Waals surface area (Å²) in [6, 6.07) is 13.7. The molecule has 1 aromatic carbocycles. The van der Waals surface area contributed by atoms with Crippen LogP contribution in [0.2, 0.25) is 4.34 Å². The fraction of sp³-hybridized carbons (Fsp3) is 0.0833. The third-order valence-corrected chi connectivity index (χ3v) is 3.40. The highest BCUT2D eigenvalue weighted by Crippen LogP contribution is 2.22. The molecule has 0 radical (unpaired) electrons. The van der Waals surface area contributed by atoms with Gasteiger partial charge in [-0.05, 0) is 31.2 Å². The minimum atomic E-state index is 0.782. The van der Waals surface area contributed by atoms with E-state index in [1.807, 2.05) is 49.4 Å². The molecule has 0 unspecified atom stereocenters. The molecule has 0 saturated heterocycles. The molecule has 0 amide bonds. The van der Waals surface area contributed by atoms with Gasteiger partial charge >= 0.3 is 0 Å². The highest BCUT2D eigenvalue weighted by molar-refractivity contribution is 7.18. The number of nitrogens with zero attached hydrogens (tertiary/aromatic N) is 1. The van der Waals surface area contributed by atoms with E-state index in [4.69, 9.17) is 11.6 Å². The molecule has 82 valence electrons. The van der Waals surface area contributed by atoms with Gasteiger partial charge in [0, 0.05) is 0 Å². The van der Waals surface area contributed by atoms with E-state index < -0.39 is 0 Å². The minimum Gasteiger partial charge on any atom is -0.278 e. The smallest absolute Gasteiger partial charge is 0.0935 e. The molecule has 1 heterocycles.